The normalized spacial score (nSPS) is 14.0. The van der Waals surface area contributed by atoms with Crippen LogP contribution in [0.15, 0.2) is 36.3 Å². The molecule has 0 fully saturated rings. The van der Waals surface area contributed by atoms with Crippen LogP contribution in [0.2, 0.25) is 0 Å². The molecule has 1 aromatic rings. The van der Waals surface area contributed by atoms with E-state index in [1.165, 1.54) is 6.20 Å². The van der Waals surface area contributed by atoms with E-state index >= 15 is 0 Å². The second-order valence-corrected chi connectivity index (χ2v) is 6.27. The lowest BCUT2D eigenvalue weighted by molar-refractivity contribution is -0.142. The second-order valence-electron chi connectivity index (χ2n) is 6.27. The second kappa shape index (κ2) is 8.24. The molecule has 0 saturated carbocycles. The molecule has 0 spiro atoms. The molecule has 5 N–H and O–H groups in total. The Bertz CT molecular complexity index is 732. The first-order valence-corrected chi connectivity index (χ1v) is 8.14. The molecule has 0 unspecified atom stereocenters. The predicted octanol–water partition coefficient (Wildman–Crippen LogP) is 1.60. The number of fused-ring (bicyclic) bond motifs is 1. The molecule has 0 aromatic heterocycles. The van der Waals surface area contributed by atoms with Crippen LogP contribution >= 0.6 is 0 Å². The van der Waals surface area contributed by atoms with Gasteiger partial charge in [0.25, 0.3) is 0 Å². The molecule has 9 heteroatoms. The van der Waals surface area contributed by atoms with Crippen molar-refractivity contribution in [1.82, 2.24) is 10.6 Å². The van der Waals surface area contributed by atoms with Crippen LogP contribution in [0.4, 0.5) is 16.2 Å². The molecular weight excluding hydrogens is 340 g/mol. The number of hydrogen-bond acceptors (Lipinski definition) is 5. The molecule has 2 rings (SSSR count). The number of carbonyl (C=O) groups is 3. The smallest absolute Gasteiger partial charge is 0.326 e. The topological polar surface area (TPSA) is 131 Å². The minimum Gasteiger partial charge on any atom is -0.494 e. The minimum absolute atomic E-state index is 0.0939. The van der Waals surface area contributed by atoms with Crippen molar-refractivity contribution >= 4 is 29.3 Å². The maximum atomic E-state index is 12.3. The predicted molar refractivity (Wildman–Crippen MR) is 95.7 cm³/mol. The largest absolute Gasteiger partial charge is 0.494 e. The van der Waals surface area contributed by atoms with Gasteiger partial charge in [-0.25, -0.2) is 9.59 Å². The van der Waals surface area contributed by atoms with Gasteiger partial charge in [-0.3, -0.25) is 9.69 Å². The van der Waals surface area contributed by atoms with E-state index in [-0.39, 0.29) is 24.8 Å². The molecule has 0 bridgehead atoms. The lowest BCUT2D eigenvalue weighted by atomic mass is 10.0. The molecule has 1 aliphatic heterocycles. The summed E-state index contributed by atoms with van der Waals surface area (Å²) in [6.45, 7) is 3.32. The van der Waals surface area contributed by atoms with Crippen LogP contribution in [0.25, 0.3) is 0 Å². The van der Waals surface area contributed by atoms with Gasteiger partial charge in [0.15, 0.2) is 0 Å². The number of carboxylic acid groups (broad SMARTS) is 1. The molecule has 1 aliphatic rings. The molecule has 0 aliphatic carbocycles. The zero-order valence-corrected chi connectivity index (χ0v) is 14.5. The summed E-state index contributed by atoms with van der Waals surface area (Å²) >= 11 is 0. The van der Waals surface area contributed by atoms with E-state index in [0.717, 1.165) is 4.90 Å². The quantitative estimate of drug-likeness (QED) is 0.522. The molecular formula is C17H22N4O5. The van der Waals surface area contributed by atoms with Crippen molar-refractivity contribution in [2.45, 2.75) is 26.3 Å². The van der Waals surface area contributed by atoms with Crippen LogP contribution in [0.3, 0.4) is 0 Å². The Morgan fingerprint density at radius 3 is 2.58 bits per heavy atom. The third-order valence-corrected chi connectivity index (χ3v) is 3.64. The van der Waals surface area contributed by atoms with Gasteiger partial charge in [-0.1, -0.05) is 26.0 Å². The summed E-state index contributed by atoms with van der Waals surface area (Å²) in [6.07, 6.45) is 1.48. The van der Waals surface area contributed by atoms with Crippen molar-refractivity contribution < 1.29 is 24.6 Å². The maximum absolute atomic E-state index is 12.3. The molecule has 26 heavy (non-hydrogen) atoms. The Hall–Kier alpha value is -3.23. The highest BCUT2D eigenvalue weighted by Gasteiger charge is 2.24. The summed E-state index contributed by atoms with van der Waals surface area (Å²) in [5, 5.41) is 26.3. The van der Waals surface area contributed by atoms with E-state index in [2.05, 4.69) is 16.0 Å². The van der Waals surface area contributed by atoms with E-state index in [4.69, 9.17) is 5.11 Å². The lowest BCUT2D eigenvalue weighted by Gasteiger charge is -2.26. The number of nitrogens with zero attached hydrogens (tertiary/aromatic N) is 1. The average molecular weight is 362 g/mol. The monoisotopic (exact) mass is 362 g/mol. The summed E-state index contributed by atoms with van der Waals surface area (Å²) in [5.74, 6) is -1.85. The van der Waals surface area contributed by atoms with Gasteiger partial charge in [-0.2, -0.15) is 0 Å². The van der Waals surface area contributed by atoms with E-state index in [1.807, 2.05) is 13.8 Å². The number of benzene rings is 1. The van der Waals surface area contributed by atoms with Crippen LogP contribution in [-0.4, -0.2) is 40.7 Å². The number of aliphatic hydroxyl groups is 1. The number of para-hydroxylation sites is 2. The molecule has 1 atom stereocenters. The number of nitrogens with one attached hydrogen (secondary N) is 3. The number of rotatable bonds is 6. The molecule has 9 nitrogen and oxygen atoms in total. The van der Waals surface area contributed by atoms with Crippen molar-refractivity contribution in [2.24, 2.45) is 5.92 Å². The number of aliphatic carboxylic acids is 1. The van der Waals surface area contributed by atoms with Crippen LogP contribution in [-0.2, 0) is 9.59 Å². The van der Waals surface area contributed by atoms with Crippen LogP contribution < -0.4 is 20.9 Å². The van der Waals surface area contributed by atoms with Crippen molar-refractivity contribution in [2.75, 3.05) is 16.8 Å². The first kappa shape index (κ1) is 19.1. The maximum Gasteiger partial charge on any atom is 0.326 e. The van der Waals surface area contributed by atoms with Crippen molar-refractivity contribution in [3.8, 4) is 0 Å². The highest BCUT2D eigenvalue weighted by molar-refractivity contribution is 6.00. The lowest BCUT2D eigenvalue weighted by Crippen LogP contribution is -2.48. The standard InChI is InChI=1S/C17H22N4O5/c1-10(2)7-12(16(24)25)20-14(22)8-18-17(26)21-9-15(23)19-11-5-3-4-6-13(11)21/h3-6,9-10,12,19,23H,7-8H2,1-2H3,(H,18,26)(H,20,22)(H,24,25)/t12-/m0/s1. The van der Waals surface area contributed by atoms with Gasteiger partial charge in [0.05, 0.1) is 24.1 Å². The highest BCUT2D eigenvalue weighted by atomic mass is 16.4. The molecule has 0 radical (unpaired) electrons. The number of amides is 3. The molecule has 1 heterocycles. The molecule has 3 amide bonds. The Morgan fingerprint density at radius 2 is 1.92 bits per heavy atom. The molecule has 0 saturated heterocycles. The van der Waals surface area contributed by atoms with Gasteiger partial charge in [-0.15, -0.1) is 0 Å². The summed E-state index contributed by atoms with van der Waals surface area (Å²) in [6, 6.07) is 5.20. The minimum atomic E-state index is -1.12. The number of anilines is 2. The third-order valence-electron chi connectivity index (χ3n) is 3.64. The number of hydrogen-bond donors (Lipinski definition) is 5. The van der Waals surface area contributed by atoms with Gasteiger partial charge < -0.3 is 26.2 Å². The Morgan fingerprint density at radius 1 is 1.23 bits per heavy atom. The van der Waals surface area contributed by atoms with E-state index in [0.29, 0.717) is 11.4 Å². The van der Waals surface area contributed by atoms with Gasteiger partial charge in [0, 0.05) is 0 Å². The van der Waals surface area contributed by atoms with Crippen LogP contribution in [0.5, 0.6) is 0 Å². The SMILES string of the molecule is CC(C)C[C@H](NC(=O)CNC(=O)N1C=C(O)Nc2ccccc21)C(=O)O. The van der Waals surface area contributed by atoms with Crippen molar-refractivity contribution in [3.05, 3.63) is 36.3 Å². The van der Waals surface area contributed by atoms with Crippen molar-refractivity contribution in [3.63, 3.8) is 0 Å². The van der Waals surface area contributed by atoms with Crippen LogP contribution in [0, 0.1) is 5.92 Å². The first-order valence-electron chi connectivity index (χ1n) is 8.14. The number of urea groups is 1. The van der Waals surface area contributed by atoms with Crippen molar-refractivity contribution in [1.29, 1.82) is 0 Å². The Balaban J connectivity index is 1.96. The first-order chi connectivity index (χ1) is 12.3. The summed E-state index contributed by atoms with van der Waals surface area (Å²) in [4.78, 5) is 36.6. The van der Waals surface area contributed by atoms with E-state index in [1.54, 1.807) is 24.3 Å². The Labute approximate surface area is 150 Å². The zero-order valence-electron chi connectivity index (χ0n) is 14.5. The fourth-order valence-corrected chi connectivity index (χ4v) is 2.50. The number of carbonyl (C=O) groups excluding carboxylic acids is 2. The van der Waals surface area contributed by atoms with Crippen LogP contribution in [0.1, 0.15) is 20.3 Å². The molecule has 1 aromatic carbocycles. The van der Waals surface area contributed by atoms with E-state index in [9.17, 15) is 19.5 Å². The van der Waals surface area contributed by atoms with Gasteiger partial charge in [0.1, 0.15) is 6.04 Å². The van der Waals surface area contributed by atoms with Gasteiger partial charge in [0.2, 0.25) is 11.8 Å². The number of carboxylic acids is 1. The fraction of sp³-hybridized carbons (Fsp3) is 0.353. The average Bonchev–Trinajstić information content (AvgIpc) is 2.57. The fourth-order valence-electron chi connectivity index (χ4n) is 2.50. The number of aliphatic hydroxyl groups excluding tert-OH is 1. The summed E-state index contributed by atoms with van der Waals surface area (Å²) < 4.78 is 0. The molecule has 140 valence electrons. The summed E-state index contributed by atoms with van der Waals surface area (Å²) in [5.41, 5.74) is 1.04. The Kier molecular flexibility index (Phi) is 6.05. The van der Waals surface area contributed by atoms with E-state index < -0.39 is 23.9 Å². The van der Waals surface area contributed by atoms with Gasteiger partial charge in [-0.05, 0) is 24.5 Å². The zero-order chi connectivity index (χ0) is 19.3. The third kappa shape index (κ3) is 4.88. The summed E-state index contributed by atoms with van der Waals surface area (Å²) in [7, 11) is 0. The highest BCUT2D eigenvalue weighted by Crippen LogP contribution is 2.30. The van der Waals surface area contributed by atoms with Gasteiger partial charge >= 0.3 is 12.0 Å².